The van der Waals surface area contributed by atoms with Gasteiger partial charge in [-0.3, -0.25) is 9.78 Å². The fraction of sp³-hybridized carbons (Fsp3) is 0.600. The van der Waals surface area contributed by atoms with E-state index in [4.69, 9.17) is 0 Å². The largest absolute Gasteiger partial charge is 0.353 e. The van der Waals surface area contributed by atoms with Crippen molar-refractivity contribution in [1.82, 2.24) is 10.3 Å². The maximum atomic E-state index is 13.8. The Kier molecular flexibility index (Phi) is 5.05. The molecule has 0 aliphatic heterocycles. The number of carbonyl (C=O) groups excluding carboxylic acids is 1. The molecular formula is C25H31FN2O. The highest BCUT2D eigenvalue weighted by atomic mass is 19.1. The van der Waals surface area contributed by atoms with Crippen LogP contribution in [0.15, 0.2) is 30.5 Å². The molecule has 1 amide bonds. The Morgan fingerprint density at radius 1 is 1.10 bits per heavy atom. The van der Waals surface area contributed by atoms with Crippen molar-refractivity contribution in [1.29, 1.82) is 0 Å². The van der Waals surface area contributed by atoms with Crippen LogP contribution in [0.5, 0.6) is 0 Å². The molecule has 4 atom stereocenters. The molecule has 3 fully saturated rings. The Hall–Kier alpha value is -1.97. The Bertz CT molecular complexity index is 905. The molecule has 3 saturated carbocycles. The predicted octanol–water partition coefficient (Wildman–Crippen LogP) is 5.59. The molecule has 0 spiro atoms. The van der Waals surface area contributed by atoms with E-state index in [-0.39, 0.29) is 17.6 Å². The van der Waals surface area contributed by atoms with Gasteiger partial charge in [-0.2, -0.15) is 0 Å². The molecule has 5 rings (SSSR count). The molecule has 3 unspecified atom stereocenters. The summed E-state index contributed by atoms with van der Waals surface area (Å²) in [5.41, 5.74) is 2.08. The van der Waals surface area contributed by atoms with Crippen LogP contribution in [0.4, 0.5) is 4.39 Å². The van der Waals surface area contributed by atoms with Gasteiger partial charge in [-0.1, -0.05) is 13.3 Å². The second-order valence-corrected chi connectivity index (χ2v) is 9.75. The summed E-state index contributed by atoms with van der Waals surface area (Å²) in [5.74, 6) is 2.62. The van der Waals surface area contributed by atoms with E-state index in [1.165, 1.54) is 37.3 Å². The number of amides is 1. The maximum Gasteiger partial charge on any atom is 0.223 e. The van der Waals surface area contributed by atoms with Gasteiger partial charge >= 0.3 is 0 Å². The fourth-order valence-corrected chi connectivity index (χ4v) is 6.38. The lowest BCUT2D eigenvalue weighted by atomic mass is 9.73. The first kappa shape index (κ1) is 19.0. The van der Waals surface area contributed by atoms with Crippen molar-refractivity contribution in [3.05, 3.63) is 41.8 Å². The minimum absolute atomic E-state index is 0.0849. The zero-order chi connectivity index (χ0) is 20.0. The summed E-state index contributed by atoms with van der Waals surface area (Å²) in [7, 11) is 0. The third kappa shape index (κ3) is 3.67. The number of fused-ring (bicyclic) bond motifs is 3. The summed E-state index contributed by atoms with van der Waals surface area (Å²) in [4.78, 5) is 17.3. The number of halogens is 1. The van der Waals surface area contributed by atoms with Crippen molar-refractivity contribution >= 4 is 16.8 Å². The van der Waals surface area contributed by atoms with Crippen molar-refractivity contribution < 1.29 is 9.18 Å². The van der Waals surface area contributed by atoms with E-state index in [9.17, 15) is 9.18 Å². The molecule has 1 heterocycles. The van der Waals surface area contributed by atoms with E-state index in [0.717, 1.165) is 48.4 Å². The van der Waals surface area contributed by atoms with E-state index in [1.54, 1.807) is 12.1 Å². The van der Waals surface area contributed by atoms with Gasteiger partial charge in [0.1, 0.15) is 5.82 Å². The molecule has 4 heteroatoms. The summed E-state index contributed by atoms with van der Waals surface area (Å²) in [6, 6.07) is 7.35. The average molecular weight is 395 g/mol. The van der Waals surface area contributed by atoms with Crippen molar-refractivity contribution in [2.45, 2.75) is 70.3 Å². The minimum Gasteiger partial charge on any atom is -0.353 e. The van der Waals surface area contributed by atoms with E-state index in [2.05, 4.69) is 23.3 Å². The molecule has 29 heavy (non-hydrogen) atoms. The summed E-state index contributed by atoms with van der Waals surface area (Å²) < 4.78 is 13.8. The number of rotatable bonds is 4. The smallest absolute Gasteiger partial charge is 0.223 e. The third-order valence-electron chi connectivity index (χ3n) is 8.14. The van der Waals surface area contributed by atoms with Crippen molar-refractivity contribution in [3.8, 4) is 0 Å². The van der Waals surface area contributed by atoms with Crippen LogP contribution in [0.3, 0.4) is 0 Å². The molecule has 3 nitrogen and oxygen atoms in total. The second-order valence-electron chi connectivity index (χ2n) is 9.75. The highest BCUT2D eigenvalue weighted by Gasteiger charge is 2.41. The van der Waals surface area contributed by atoms with Gasteiger partial charge in [0, 0.05) is 23.5 Å². The zero-order valence-corrected chi connectivity index (χ0v) is 17.2. The van der Waals surface area contributed by atoms with Crippen LogP contribution in [0, 0.1) is 29.5 Å². The van der Waals surface area contributed by atoms with Crippen molar-refractivity contribution in [2.24, 2.45) is 23.7 Å². The van der Waals surface area contributed by atoms with Gasteiger partial charge in [0.05, 0.1) is 5.52 Å². The predicted molar refractivity (Wildman–Crippen MR) is 113 cm³/mol. The first-order valence-electron chi connectivity index (χ1n) is 11.4. The molecule has 1 aromatic carbocycles. The molecule has 2 bridgehead atoms. The molecule has 0 radical (unpaired) electrons. The number of pyridine rings is 1. The molecule has 2 aromatic rings. The molecule has 0 saturated heterocycles. The van der Waals surface area contributed by atoms with Crippen molar-refractivity contribution in [2.75, 3.05) is 0 Å². The van der Waals surface area contributed by atoms with Crippen LogP contribution in [0.25, 0.3) is 10.9 Å². The first-order valence-corrected chi connectivity index (χ1v) is 11.4. The van der Waals surface area contributed by atoms with Gasteiger partial charge in [0.15, 0.2) is 0 Å². The third-order valence-corrected chi connectivity index (χ3v) is 8.14. The number of hydrogen-bond acceptors (Lipinski definition) is 2. The van der Waals surface area contributed by atoms with Gasteiger partial charge in [0.2, 0.25) is 5.91 Å². The van der Waals surface area contributed by atoms with Crippen LogP contribution in [0.2, 0.25) is 0 Å². The van der Waals surface area contributed by atoms with Gasteiger partial charge in [-0.05, 0) is 98.4 Å². The van der Waals surface area contributed by atoms with E-state index >= 15 is 0 Å². The fourth-order valence-electron chi connectivity index (χ4n) is 6.38. The summed E-state index contributed by atoms with van der Waals surface area (Å²) in [5, 5.41) is 4.33. The molecule has 154 valence electrons. The van der Waals surface area contributed by atoms with Crippen LogP contribution >= 0.6 is 0 Å². The highest BCUT2D eigenvalue weighted by Crippen LogP contribution is 2.45. The van der Waals surface area contributed by atoms with Gasteiger partial charge < -0.3 is 5.32 Å². The standard InChI is InChI=1S/C25H31FN2O/c1-15(25(29)28-24-13-16-2-3-19(24)12-16)17-4-6-18(7-5-17)21-10-11-27-23-9-8-20(26)14-22(21)23/h8-11,14-19,24H,2-7,12-13H2,1H3,(H,28,29)/t15-,16?,17-,18+,19?,24?/m1/s1. The van der Waals surface area contributed by atoms with Crippen LogP contribution in [-0.2, 0) is 4.79 Å². The Labute approximate surface area is 172 Å². The van der Waals surface area contributed by atoms with E-state index in [0.29, 0.717) is 17.9 Å². The molecule has 3 aliphatic carbocycles. The van der Waals surface area contributed by atoms with Crippen LogP contribution in [0.1, 0.15) is 69.8 Å². The first-order chi connectivity index (χ1) is 14.1. The number of carbonyl (C=O) groups is 1. The lowest BCUT2D eigenvalue weighted by molar-refractivity contribution is -0.127. The topological polar surface area (TPSA) is 42.0 Å². The van der Waals surface area contributed by atoms with E-state index in [1.807, 2.05) is 6.20 Å². The Balaban J connectivity index is 1.21. The van der Waals surface area contributed by atoms with Gasteiger partial charge in [-0.15, -0.1) is 0 Å². The molecular weight excluding hydrogens is 363 g/mol. The molecule has 1 aromatic heterocycles. The molecule has 3 aliphatic rings. The lowest BCUT2D eigenvalue weighted by Gasteiger charge is -2.33. The lowest BCUT2D eigenvalue weighted by Crippen LogP contribution is -2.43. The SMILES string of the molecule is C[C@@H](C(=O)NC1CC2CCC1C2)[C@H]1CC[C@@H](c2ccnc3ccc(F)cc32)CC1. The normalized spacial score (nSPS) is 32.4. The number of nitrogens with zero attached hydrogens (tertiary/aromatic N) is 1. The Morgan fingerprint density at radius 3 is 2.66 bits per heavy atom. The van der Waals surface area contributed by atoms with Crippen LogP contribution < -0.4 is 5.32 Å². The highest BCUT2D eigenvalue weighted by molar-refractivity contribution is 5.82. The zero-order valence-electron chi connectivity index (χ0n) is 17.2. The minimum atomic E-state index is -0.202. The summed E-state index contributed by atoms with van der Waals surface area (Å²) in [6.45, 7) is 2.12. The molecule has 1 N–H and O–H groups in total. The maximum absolute atomic E-state index is 13.8. The van der Waals surface area contributed by atoms with E-state index < -0.39 is 0 Å². The van der Waals surface area contributed by atoms with Crippen molar-refractivity contribution in [3.63, 3.8) is 0 Å². The number of hydrogen-bond donors (Lipinski definition) is 1. The second kappa shape index (κ2) is 7.70. The summed E-state index contributed by atoms with van der Waals surface area (Å²) >= 11 is 0. The van der Waals surface area contributed by atoms with Gasteiger partial charge in [0.25, 0.3) is 0 Å². The Morgan fingerprint density at radius 2 is 1.93 bits per heavy atom. The average Bonchev–Trinajstić information content (AvgIpc) is 3.36. The number of benzene rings is 1. The monoisotopic (exact) mass is 394 g/mol. The summed E-state index contributed by atoms with van der Waals surface area (Å²) in [6.07, 6.45) is 11.3. The number of aromatic nitrogens is 1. The van der Waals surface area contributed by atoms with Gasteiger partial charge in [-0.25, -0.2) is 4.39 Å². The van der Waals surface area contributed by atoms with Crippen LogP contribution in [-0.4, -0.2) is 16.9 Å². The number of nitrogens with one attached hydrogen (secondary N) is 1. The quantitative estimate of drug-likeness (QED) is 0.735.